The van der Waals surface area contributed by atoms with E-state index in [-0.39, 0.29) is 0 Å². The van der Waals surface area contributed by atoms with E-state index in [2.05, 4.69) is 37.7 Å². The van der Waals surface area contributed by atoms with Crippen LogP contribution >= 0.6 is 0 Å². The molecule has 0 aliphatic carbocycles. The Hall–Kier alpha value is -2.24. The second-order valence-electron chi connectivity index (χ2n) is 4.16. The molecule has 2 rings (SSSR count). The highest BCUT2D eigenvalue weighted by atomic mass is 15.3. The number of pyridine rings is 1. The van der Waals surface area contributed by atoms with Crippen molar-refractivity contribution < 1.29 is 0 Å². The van der Waals surface area contributed by atoms with E-state index in [1.54, 1.807) is 12.4 Å². The van der Waals surface area contributed by atoms with Crippen molar-refractivity contribution in [1.29, 1.82) is 0 Å². The lowest BCUT2D eigenvalue weighted by Gasteiger charge is -2.07. The smallest absolute Gasteiger partial charge is 0.244 e. The fourth-order valence-electron chi connectivity index (χ4n) is 1.54. The molecular formula is C13H18N6. The lowest BCUT2D eigenvalue weighted by Crippen LogP contribution is -2.09. The number of nitrogens with zero attached hydrogens (tertiary/aromatic N) is 4. The number of rotatable bonds is 7. The molecule has 2 heterocycles. The molecular weight excluding hydrogens is 240 g/mol. The Morgan fingerprint density at radius 3 is 2.95 bits per heavy atom. The van der Waals surface area contributed by atoms with Gasteiger partial charge in [0.1, 0.15) is 0 Å². The van der Waals surface area contributed by atoms with E-state index < -0.39 is 0 Å². The summed E-state index contributed by atoms with van der Waals surface area (Å²) >= 11 is 0. The van der Waals surface area contributed by atoms with Crippen molar-refractivity contribution >= 4 is 11.8 Å². The van der Waals surface area contributed by atoms with Crippen LogP contribution in [0.3, 0.4) is 0 Å². The van der Waals surface area contributed by atoms with E-state index in [0.29, 0.717) is 18.3 Å². The van der Waals surface area contributed by atoms with Gasteiger partial charge in [0.2, 0.25) is 5.95 Å². The average Bonchev–Trinajstić information content (AvgIpc) is 2.47. The van der Waals surface area contributed by atoms with Gasteiger partial charge in [-0.15, -0.1) is 5.10 Å². The third-order valence-corrected chi connectivity index (χ3v) is 2.57. The minimum absolute atomic E-state index is 0.560. The first-order chi connectivity index (χ1) is 9.38. The zero-order chi connectivity index (χ0) is 13.3. The molecule has 0 fully saturated rings. The molecule has 0 radical (unpaired) electrons. The number of unbranched alkanes of at least 4 members (excludes halogenated alkanes) is 1. The number of nitrogens with one attached hydrogen (secondary N) is 2. The molecule has 0 aliphatic heterocycles. The summed E-state index contributed by atoms with van der Waals surface area (Å²) in [6.45, 7) is 3.68. The maximum atomic E-state index is 4.34. The van der Waals surface area contributed by atoms with Crippen LogP contribution < -0.4 is 10.6 Å². The molecule has 2 N–H and O–H groups in total. The summed E-state index contributed by atoms with van der Waals surface area (Å²) in [5.41, 5.74) is 1.10. The molecule has 100 valence electrons. The Morgan fingerprint density at radius 2 is 2.16 bits per heavy atom. The molecule has 6 nitrogen and oxygen atoms in total. The average molecular weight is 258 g/mol. The van der Waals surface area contributed by atoms with Crippen molar-refractivity contribution in [2.75, 3.05) is 17.2 Å². The predicted molar refractivity (Wildman–Crippen MR) is 74.8 cm³/mol. The molecule has 2 aromatic rings. The van der Waals surface area contributed by atoms with Gasteiger partial charge in [0.05, 0.1) is 6.20 Å². The molecule has 0 aromatic carbocycles. The largest absolute Gasteiger partial charge is 0.364 e. The minimum atomic E-state index is 0.560. The highest BCUT2D eigenvalue weighted by Crippen LogP contribution is 2.06. The van der Waals surface area contributed by atoms with Crippen molar-refractivity contribution in [3.05, 3.63) is 36.3 Å². The molecule has 19 heavy (non-hydrogen) atoms. The molecule has 0 aliphatic rings. The normalized spacial score (nSPS) is 10.2. The van der Waals surface area contributed by atoms with Crippen LogP contribution in [0.2, 0.25) is 0 Å². The number of aromatic nitrogens is 4. The van der Waals surface area contributed by atoms with Crippen molar-refractivity contribution in [3.8, 4) is 0 Å². The zero-order valence-corrected chi connectivity index (χ0v) is 11.0. The van der Waals surface area contributed by atoms with Crippen LogP contribution in [-0.2, 0) is 6.54 Å². The van der Waals surface area contributed by atoms with Crippen LogP contribution in [0, 0.1) is 0 Å². The second-order valence-corrected chi connectivity index (χ2v) is 4.16. The summed E-state index contributed by atoms with van der Waals surface area (Å²) in [4.78, 5) is 8.41. The van der Waals surface area contributed by atoms with Gasteiger partial charge in [-0.3, -0.25) is 4.98 Å². The Kier molecular flexibility index (Phi) is 5.04. The Morgan fingerprint density at radius 1 is 1.21 bits per heavy atom. The van der Waals surface area contributed by atoms with Crippen LogP contribution in [0.15, 0.2) is 30.7 Å². The standard InChI is InChI=1S/C13H18N6/c1-2-3-7-15-13-18-12(10-17-19-13)16-9-11-5-4-6-14-8-11/h4-6,8,10H,2-3,7,9H2,1H3,(H2,15,16,18,19). The van der Waals surface area contributed by atoms with Crippen LogP contribution in [0.4, 0.5) is 11.8 Å². The Bertz CT molecular complexity index is 488. The molecule has 0 amide bonds. The SMILES string of the molecule is CCCCNc1nncc(NCc2cccnc2)n1. The summed E-state index contributed by atoms with van der Waals surface area (Å²) in [6.07, 6.45) is 7.42. The first kappa shape index (κ1) is 13.2. The third kappa shape index (κ3) is 4.50. The Balaban J connectivity index is 1.88. The molecule has 2 aromatic heterocycles. The summed E-state index contributed by atoms with van der Waals surface area (Å²) in [6, 6.07) is 3.92. The molecule has 6 heteroatoms. The minimum Gasteiger partial charge on any atom is -0.364 e. The summed E-state index contributed by atoms with van der Waals surface area (Å²) in [5.74, 6) is 1.27. The zero-order valence-electron chi connectivity index (χ0n) is 11.0. The van der Waals surface area contributed by atoms with E-state index >= 15 is 0 Å². The molecule has 0 spiro atoms. The van der Waals surface area contributed by atoms with Crippen LogP contribution in [-0.4, -0.2) is 26.7 Å². The van der Waals surface area contributed by atoms with E-state index in [1.807, 2.05) is 18.3 Å². The van der Waals surface area contributed by atoms with Gasteiger partial charge in [0.25, 0.3) is 0 Å². The van der Waals surface area contributed by atoms with Gasteiger partial charge in [-0.05, 0) is 18.1 Å². The van der Waals surface area contributed by atoms with Gasteiger partial charge < -0.3 is 10.6 Å². The molecule has 0 saturated heterocycles. The molecule has 0 saturated carbocycles. The molecule has 0 bridgehead atoms. The van der Waals surface area contributed by atoms with Crippen LogP contribution in [0.5, 0.6) is 0 Å². The fraction of sp³-hybridized carbons (Fsp3) is 0.385. The summed E-state index contributed by atoms with van der Waals surface area (Å²) in [5, 5.41) is 14.2. The van der Waals surface area contributed by atoms with Gasteiger partial charge in [-0.2, -0.15) is 10.1 Å². The van der Waals surface area contributed by atoms with Gasteiger partial charge in [-0.1, -0.05) is 19.4 Å². The lowest BCUT2D eigenvalue weighted by molar-refractivity contribution is 0.819. The van der Waals surface area contributed by atoms with Crippen molar-refractivity contribution in [1.82, 2.24) is 20.2 Å². The van der Waals surface area contributed by atoms with Crippen LogP contribution in [0.25, 0.3) is 0 Å². The third-order valence-electron chi connectivity index (χ3n) is 2.57. The highest BCUT2D eigenvalue weighted by Gasteiger charge is 2.00. The highest BCUT2D eigenvalue weighted by molar-refractivity contribution is 5.37. The van der Waals surface area contributed by atoms with E-state index in [0.717, 1.165) is 24.9 Å². The van der Waals surface area contributed by atoms with Crippen molar-refractivity contribution in [3.63, 3.8) is 0 Å². The van der Waals surface area contributed by atoms with Gasteiger partial charge >= 0.3 is 0 Å². The first-order valence-corrected chi connectivity index (χ1v) is 6.45. The van der Waals surface area contributed by atoms with Gasteiger partial charge in [-0.25, -0.2) is 0 Å². The maximum Gasteiger partial charge on any atom is 0.244 e. The van der Waals surface area contributed by atoms with E-state index in [9.17, 15) is 0 Å². The number of hydrogen-bond acceptors (Lipinski definition) is 6. The summed E-state index contributed by atoms with van der Waals surface area (Å²) in [7, 11) is 0. The number of anilines is 2. The number of hydrogen-bond donors (Lipinski definition) is 2. The predicted octanol–water partition coefficient (Wildman–Crippen LogP) is 2.09. The lowest BCUT2D eigenvalue weighted by atomic mass is 10.3. The van der Waals surface area contributed by atoms with Gasteiger partial charge in [0, 0.05) is 25.5 Å². The molecule has 0 atom stereocenters. The van der Waals surface area contributed by atoms with Crippen molar-refractivity contribution in [2.24, 2.45) is 0 Å². The molecule has 0 unspecified atom stereocenters. The Labute approximate surface area is 112 Å². The fourth-order valence-corrected chi connectivity index (χ4v) is 1.54. The maximum absolute atomic E-state index is 4.34. The first-order valence-electron chi connectivity index (χ1n) is 6.45. The quantitative estimate of drug-likeness (QED) is 0.741. The van der Waals surface area contributed by atoms with Crippen LogP contribution in [0.1, 0.15) is 25.3 Å². The van der Waals surface area contributed by atoms with E-state index in [4.69, 9.17) is 0 Å². The van der Waals surface area contributed by atoms with Crippen molar-refractivity contribution in [2.45, 2.75) is 26.3 Å². The summed E-state index contributed by atoms with van der Waals surface area (Å²) < 4.78 is 0. The second kappa shape index (κ2) is 7.25. The monoisotopic (exact) mass is 258 g/mol. The van der Waals surface area contributed by atoms with Gasteiger partial charge in [0.15, 0.2) is 5.82 Å². The van der Waals surface area contributed by atoms with E-state index in [1.165, 1.54) is 0 Å². The topological polar surface area (TPSA) is 75.6 Å².